The highest BCUT2D eigenvalue weighted by atomic mass is 19.3. The van der Waals surface area contributed by atoms with Crippen molar-refractivity contribution in [2.24, 2.45) is 5.73 Å². The number of likely N-dealkylation sites (tertiary alicyclic amines) is 2. The lowest BCUT2D eigenvalue weighted by Gasteiger charge is -2.33. The third-order valence-electron chi connectivity index (χ3n) is 12.3. The van der Waals surface area contributed by atoms with Crippen LogP contribution in [0.25, 0.3) is 22.3 Å². The Labute approximate surface area is 409 Å². The van der Waals surface area contributed by atoms with Crippen LogP contribution >= 0.6 is 0 Å². The van der Waals surface area contributed by atoms with Crippen molar-refractivity contribution >= 4 is 40.9 Å². The summed E-state index contributed by atoms with van der Waals surface area (Å²) in [5.74, 6) is -3.86. The van der Waals surface area contributed by atoms with Gasteiger partial charge in [-0.05, 0) is 109 Å². The van der Waals surface area contributed by atoms with E-state index in [1.54, 1.807) is 58.9 Å². The first-order chi connectivity index (χ1) is 34.4. The number of pyridine rings is 2. The number of halogens is 4. The van der Waals surface area contributed by atoms with Crippen LogP contribution in [-0.4, -0.2) is 95.0 Å². The van der Waals surface area contributed by atoms with Crippen molar-refractivity contribution in [3.63, 3.8) is 0 Å². The number of Topliss-reactive ketones (excluding diaryl/α,β-unsaturated/α-hetero) is 2. The number of urea groups is 2. The molecule has 0 spiro atoms. The molecule has 71 heavy (non-hydrogen) atoms. The van der Waals surface area contributed by atoms with Crippen LogP contribution in [0.2, 0.25) is 0 Å². The molecule has 2 fully saturated rings. The Bertz CT molecular complexity index is 2770. The number of nitrogens with two attached hydrogens (primary N) is 1. The monoisotopic (exact) mass is 970 g/mol. The summed E-state index contributed by atoms with van der Waals surface area (Å²) in [6.07, 6.45) is 9.55. The molecule has 0 aliphatic carbocycles. The number of carbonyl (C=O) groups excluding carboxylic acids is 5. The number of piperidine rings is 2. The standard InChI is InChI=1S/C28H27F3N4O3.C26H27FN4O2/c29-24-15-20(25(36)17-33-27(37)26(30)31)6-7-22(24)18-35(28(38)34-13-2-1-3-14-34)23-10-8-19(9-11-23)21-5-4-12-32-16-21;27-24-15-20(25(32)16-28)6-7-22(24)18-31(26(33)30-13-2-1-3-14-30)23-10-8-19(9-11-23)21-5-4-12-29-17-21/h4-12,15-16,26H,1-3,13-14,17-18H2,(H,33,37);4-12,15,17H,1-3,13-14,16,18,28H2. The molecule has 17 heteroatoms. The number of aromatic nitrogens is 2. The average Bonchev–Trinajstić information content (AvgIpc) is 3.42. The van der Waals surface area contributed by atoms with Gasteiger partial charge in [-0.25, -0.2) is 18.4 Å². The van der Waals surface area contributed by atoms with E-state index < -0.39 is 36.3 Å². The number of ketones is 2. The zero-order valence-corrected chi connectivity index (χ0v) is 39.0. The summed E-state index contributed by atoms with van der Waals surface area (Å²) in [5, 5.41) is 1.81. The largest absolute Gasteiger partial charge is 0.344 e. The topological polar surface area (TPSA) is 162 Å². The van der Waals surface area contributed by atoms with E-state index in [0.29, 0.717) is 43.1 Å². The van der Waals surface area contributed by atoms with Crippen molar-refractivity contribution in [1.29, 1.82) is 0 Å². The smallest absolute Gasteiger partial charge is 0.324 e. The van der Waals surface area contributed by atoms with Crippen LogP contribution < -0.4 is 20.9 Å². The molecule has 0 saturated carbocycles. The summed E-state index contributed by atoms with van der Waals surface area (Å²) in [6.45, 7) is 1.73. The molecule has 3 N–H and O–H groups in total. The molecule has 6 aromatic rings. The van der Waals surface area contributed by atoms with E-state index in [2.05, 4.69) is 9.97 Å². The van der Waals surface area contributed by atoms with Crippen molar-refractivity contribution < 1.29 is 41.5 Å². The van der Waals surface area contributed by atoms with Gasteiger partial charge in [0.1, 0.15) is 11.6 Å². The Hall–Kier alpha value is -7.79. The zero-order chi connectivity index (χ0) is 50.3. The van der Waals surface area contributed by atoms with Gasteiger partial charge in [0.05, 0.1) is 26.2 Å². The first kappa shape index (κ1) is 51.1. The lowest BCUT2D eigenvalue weighted by atomic mass is 10.1. The van der Waals surface area contributed by atoms with Crippen LogP contribution in [0, 0.1) is 11.6 Å². The van der Waals surface area contributed by atoms with Gasteiger partial charge in [0.15, 0.2) is 11.6 Å². The van der Waals surface area contributed by atoms with Gasteiger partial charge in [-0.1, -0.05) is 60.7 Å². The number of amides is 5. The van der Waals surface area contributed by atoms with Crippen LogP contribution in [0.5, 0.6) is 0 Å². The van der Waals surface area contributed by atoms with E-state index in [4.69, 9.17) is 5.73 Å². The lowest BCUT2D eigenvalue weighted by molar-refractivity contribution is -0.131. The van der Waals surface area contributed by atoms with Gasteiger partial charge < -0.3 is 20.9 Å². The molecule has 0 bridgehead atoms. The van der Waals surface area contributed by atoms with Crippen LogP contribution in [0.3, 0.4) is 0 Å². The number of nitrogens with zero attached hydrogens (tertiary/aromatic N) is 6. The van der Waals surface area contributed by atoms with Gasteiger partial charge in [0.25, 0.3) is 5.91 Å². The van der Waals surface area contributed by atoms with Gasteiger partial charge >= 0.3 is 18.5 Å². The molecule has 0 atom stereocenters. The van der Waals surface area contributed by atoms with Gasteiger partial charge in [0, 0.05) is 84.6 Å². The van der Waals surface area contributed by atoms with Gasteiger partial charge in [-0.15, -0.1) is 0 Å². The first-order valence-electron chi connectivity index (χ1n) is 23.4. The molecule has 4 aromatic carbocycles. The molecule has 0 unspecified atom stereocenters. The van der Waals surface area contributed by atoms with E-state index in [-0.39, 0.29) is 54.2 Å². The summed E-state index contributed by atoms with van der Waals surface area (Å²) in [7, 11) is 0. The number of alkyl halides is 2. The zero-order valence-electron chi connectivity index (χ0n) is 39.0. The minimum atomic E-state index is -3.25. The fourth-order valence-electron chi connectivity index (χ4n) is 8.29. The molecule has 4 heterocycles. The van der Waals surface area contributed by atoms with Crippen molar-refractivity contribution in [2.45, 2.75) is 58.0 Å². The van der Waals surface area contributed by atoms with Crippen molar-refractivity contribution in [3.05, 3.63) is 168 Å². The maximum absolute atomic E-state index is 15.1. The van der Waals surface area contributed by atoms with E-state index in [1.165, 1.54) is 23.1 Å². The molecule has 0 radical (unpaired) electrons. The second kappa shape index (κ2) is 24.7. The number of carbonyl (C=O) groups is 5. The van der Waals surface area contributed by atoms with Gasteiger partial charge in [0.2, 0.25) is 0 Å². The van der Waals surface area contributed by atoms with Crippen LogP contribution in [0.1, 0.15) is 70.4 Å². The van der Waals surface area contributed by atoms with Gasteiger partial charge in [-0.2, -0.15) is 8.78 Å². The number of hydrogen-bond acceptors (Lipinski definition) is 8. The quantitative estimate of drug-likeness (QED) is 0.0806. The first-order valence-corrected chi connectivity index (χ1v) is 23.4. The highest BCUT2D eigenvalue weighted by Crippen LogP contribution is 2.29. The molecule has 13 nitrogen and oxygen atoms in total. The Kier molecular flexibility index (Phi) is 17.7. The van der Waals surface area contributed by atoms with E-state index in [0.717, 1.165) is 66.8 Å². The molecular weight excluding hydrogens is 917 g/mol. The number of benzene rings is 4. The van der Waals surface area contributed by atoms with E-state index in [1.807, 2.05) is 70.9 Å². The lowest BCUT2D eigenvalue weighted by Crippen LogP contribution is -2.45. The third-order valence-corrected chi connectivity index (χ3v) is 12.3. The minimum Gasteiger partial charge on any atom is -0.344 e. The second-order valence-corrected chi connectivity index (χ2v) is 17.1. The Morgan fingerprint density at radius 1 is 0.563 bits per heavy atom. The Balaban J connectivity index is 0.000000211. The van der Waals surface area contributed by atoms with E-state index >= 15 is 4.39 Å². The SMILES string of the molecule is NCC(=O)c1ccc(CN(C(=O)N2CCCCC2)c2ccc(-c3cccnc3)cc2)c(F)c1.O=C(CNC(=O)C(F)F)c1ccc(CN(C(=O)N2CCCCC2)c2ccc(-c3cccnc3)cc2)c(F)c1. The number of hydrogen-bond donors (Lipinski definition) is 2. The van der Waals surface area contributed by atoms with Crippen molar-refractivity contribution in [1.82, 2.24) is 25.1 Å². The summed E-state index contributed by atoms with van der Waals surface area (Å²) in [4.78, 5) is 77.0. The van der Waals surface area contributed by atoms with Crippen LogP contribution in [0.4, 0.5) is 38.5 Å². The molecule has 2 saturated heterocycles. The molecule has 2 aliphatic heterocycles. The Morgan fingerprint density at radius 3 is 1.35 bits per heavy atom. The second-order valence-electron chi connectivity index (χ2n) is 17.1. The van der Waals surface area contributed by atoms with Crippen molar-refractivity contribution in [2.75, 3.05) is 49.1 Å². The third kappa shape index (κ3) is 13.5. The normalized spacial score (nSPS) is 13.4. The minimum absolute atomic E-state index is 0.0600. The predicted octanol–water partition coefficient (Wildman–Crippen LogP) is 9.71. The molecule has 2 aliphatic rings. The Morgan fingerprint density at radius 2 is 0.986 bits per heavy atom. The summed E-state index contributed by atoms with van der Waals surface area (Å²) < 4.78 is 54.6. The van der Waals surface area contributed by atoms with E-state index in [9.17, 15) is 37.1 Å². The van der Waals surface area contributed by atoms with Crippen LogP contribution in [0.15, 0.2) is 134 Å². The summed E-state index contributed by atoms with van der Waals surface area (Å²) >= 11 is 0. The fraction of sp³-hybridized carbons (Fsp3) is 0.278. The maximum Gasteiger partial charge on any atom is 0.324 e. The summed E-state index contributed by atoms with van der Waals surface area (Å²) in [6, 6.07) is 30.2. The summed E-state index contributed by atoms with van der Waals surface area (Å²) in [5.41, 5.74) is 11.1. The molecule has 368 valence electrons. The van der Waals surface area contributed by atoms with Gasteiger partial charge in [-0.3, -0.25) is 34.2 Å². The molecular formula is C54H54F4N8O5. The average molecular weight is 971 g/mol. The molecule has 5 amide bonds. The maximum atomic E-state index is 15.1. The predicted molar refractivity (Wildman–Crippen MR) is 263 cm³/mol. The molecule has 2 aromatic heterocycles. The number of nitrogens with one attached hydrogen (secondary N) is 1. The highest BCUT2D eigenvalue weighted by molar-refractivity contribution is 6.00. The highest BCUT2D eigenvalue weighted by Gasteiger charge is 2.27. The number of anilines is 2. The number of rotatable bonds is 14. The molecule has 8 rings (SSSR count). The fourth-order valence-corrected chi connectivity index (χ4v) is 8.29. The van der Waals surface area contributed by atoms with Crippen molar-refractivity contribution in [3.8, 4) is 22.3 Å². The van der Waals surface area contributed by atoms with Crippen LogP contribution in [-0.2, 0) is 17.9 Å².